The van der Waals surface area contributed by atoms with E-state index >= 15 is 0 Å². The molecule has 0 saturated heterocycles. The molecule has 2 N–H and O–H groups in total. The van der Waals surface area contributed by atoms with Crippen LogP contribution in [0.2, 0.25) is 0 Å². The van der Waals surface area contributed by atoms with Crippen molar-refractivity contribution in [3.63, 3.8) is 0 Å². The monoisotopic (exact) mass is 211 g/mol. The van der Waals surface area contributed by atoms with E-state index in [9.17, 15) is 0 Å². The fourth-order valence-corrected chi connectivity index (χ4v) is 2.20. The molecular weight excluding hydrogens is 190 g/mol. The molecule has 0 spiro atoms. The maximum Gasteiger partial charge on any atom is 0.00458 e. The van der Waals surface area contributed by atoms with Crippen molar-refractivity contribution in [2.45, 2.75) is 45.6 Å². The molecule has 1 aromatic rings. The third-order valence-electron chi connectivity index (χ3n) is 2.46. The molecule has 0 aromatic carbocycles. The van der Waals surface area contributed by atoms with Crippen LogP contribution in [0.3, 0.4) is 0 Å². The van der Waals surface area contributed by atoms with Gasteiger partial charge in [-0.15, -0.1) is 11.3 Å². The zero-order valence-electron chi connectivity index (χ0n) is 9.20. The summed E-state index contributed by atoms with van der Waals surface area (Å²) in [4.78, 5) is 1.46. The summed E-state index contributed by atoms with van der Waals surface area (Å²) in [6.45, 7) is 4.51. The van der Waals surface area contributed by atoms with Gasteiger partial charge in [0.2, 0.25) is 0 Å². The summed E-state index contributed by atoms with van der Waals surface area (Å²) in [5.41, 5.74) is 6.04. The third-order valence-corrected chi connectivity index (χ3v) is 3.39. The van der Waals surface area contributed by atoms with Crippen molar-refractivity contribution in [3.05, 3.63) is 22.4 Å². The molecule has 2 heteroatoms. The van der Waals surface area contributed by atoms with Crippen LogP contribution in [-0.4, -0.2) is 6.04 Å². The summed E-state index contributed by atoms with van der Waals surface area (Å²) in [6, 6.07) is 4.69. The predicted octanol–water partition coefficient (Wildman–Crippen LogP) is 3.44. The van der Waals surface area contributed by atoms with Gasteiger partial charge in [0.15, 0.2) is 0 Å². The van der Waals surface area contributed by atoms with Crippen molar-refractivity contribution in [2.75, 3.05) is 0 Å². The highest BCUT2D eigenvalue weighted by Gasteiger charge is 2.04. The van der Waals surface area contributed by atoms with Crippen molar-refractivity contribution in [2.24, 2.45) is 11.7 Å². The molecule has 14 heavy (non-hydrogen) atoms. The number of hydrogen-bond acceptors (Lipinski definition) is 2. The number of thiophene rings is 1. The Balaban J connectivity index is 2.12. The number of hydrogen-bond donors (Lipinski definition) is 1. The highest BCUT2D eigenvalue weighted by atomic mass is 32.1. The van der Waals surface area contributed by atoms with Gasteiger partial charge in [-0.2, -0.15) is 0 Å². The first-order chi connectivity index (χ1) is 6.68. The van der Waals surface area contributed by atoms with Crippen LogP contribution in [0.4, 0.5) is 0 Å². The van der Waals surface area contributed by atoms with Gasteiger partial charge >= 0.3 is 0 Å². The van der Waals surface area contributed by atoms with Crippen molar-refractivity contribution < 1.29 is 0 Å². The molecule has 1 atom stereocenters. The Hall–Kier alpha value is -0.340. The van der Waals surface area contributed by atoms with E-state index in [0.29, 0.717) is 6.04 Å². The second kappa shape index (κ2) is 6.20. The molecule has 0 radical (unpaired) electrons. The maximum atomic E-state index is 6.04. The molecule has 0 aliphatic carbocycles. The smallest absolute Gasteiger partial charge is 0.00458 e. The van der Waals surface area contributed by atoms with E-state index in [1.54, 1.807) is 0 Å². The molecule has 1 aromatic heterocycles. The van der Waals surface area contributed by atoms with Crippen molar-refractivity contribution >= 4 is 11.3 Å². The lowest BCUT2D eigenvalue weighted by molar-refractivity contribution is 0.479. The average Bonchev–Trinajstić information content (AvgIpc) is 2.63. The fraction of sp³-hybridized carbons (Fsp3) is 0.667. The van der Waals surface area contributed by atoms with Gasteiger partial charge in [0.25, 0.3) is 0 Å². The van der Waals surface area contributed by atoms with E-state index in [4.69, 9.17) is 5.73 Å². The van der Waals surface area contributed by atoms with E-state index in [0.717, 1.165) is 18.8 Å². The normalized spacial score (nSPS) is 13.4. The summed E-state index contributed by atoms with van der Waals surface area (Å²) < 4.78 is 0. The fourth-order valence-electron chi connectivity index (χ4n) is 1.47. The molecule has 0 aliphatic rings. The van der Waals surface area contributed by atoms with Crippen molar-refractivity contribution in [3.8, 4) is 0 Å². The van der Waals surface area contributed by atoms with Gasteiger partial charge in [-0.1, -0.05) is 19.9 Å². The van der Waals surface area contributed by atoms with Crippen LogP contribution in [0.15, 0.2) is 17.5 Å². The van der Waals surface area contributed by atoms with Gasteiger partial charge in [-0.25, -0.2) is 0 Å². The number of aryl methyl sites for hydroxylation is 1. The summed E-state index contributed by atoms with van der Waals surface area (Å²) in [5.74, 6) is 0.780. The zero-order valence-corrected chi connectivity index (χ0v) is 10.0. The Kier molecular flexibility index (Phi) is 5.20. The molecule has 0 saturated carbocycles. The van der Waals surface area contributed by atoms with Gasteiger partial charge < -0.3 is 5.73 Å². The van der Waals surface area contributed by atoms with E-state index in [-0.39, 0.29) is 0 Å². The number of nitrogens with two attached hydrogens (primary N) is 1. The highest BCUT2D eigenvalue weighted by Crippen LogP contribution is 2.14. The molecule has 0 amide bonds. The lowest BCUT2D eigenvalue weighted by atomic mass is 10.0. The highest BCUT2D eigenvalue weighted by molar-refractivity contribution is 7.09. The first kappa shape index (κ1) is 11.7. The average molecular weight is 211 g/mol. The van der Waals surface area contributed by atoms with Crippen molar-refractivity contribution in [1.29, 1.82) is 0 Å². The minimum atomic E-state index is 0.388. The van der Waals surface area contributed by atoms with E-state index < -0.39 is 0 Å². The lowest BCUT2D eigenvalue weighted by Gasteiger charge is -2.12. The Bertz CT molecular complexity index is 228. The van der Waals surface area contributed by atoms with E-state index in [1.165, 1.54) is 17.7 Å². The lowest BCUT2D eigenvalue weighted by Crippen LogP contribution is -2.21. The predicted molar refractivity (Wildman–Crippen MR) is 64.7 cm³/mol. The Morgan fingerprint density at radius 2 is 2.07 bits per heavy atom. The Labute approximate surface area is 91.3 Å². The largest absolute Gasteiger partial charge is 0.328 e. The topological polar surface area (TPSA) is 26.0 Å². The summed E-state index contributed by atoms with van der Waals surface area (Å²) in [6.07, 6.45) is 4.71. The van der Waals surface area contributed by atoms with Crippen LogP contribution in [0.25, 0.3) is 0 Å². The minimum Gasteiger partial charge on any atom is -0.328 e. The maximum absolute atomic E-state index is 6.04. The van der Waals surface area contributed by atoms with Crippen LogP contribution >= 0.6 is 11.3 Å². The quantitative estimate of drug-likeness (QED) is 0.766. The van der Waals surface area contributed by atoms with Gasteiger partial charge in [-0.05, 0) is 43.0 Å². The van der Waals surface area contributed by atoms with Crippen LogP contribution in [0, 0.1) is 5.92 Å². The SMILES string of the molecule is CC(C)CCC(N)CCc1cccs1. The van der Waals surface area contributed by atoms with Crippen LogP contribution in [0.1, 0.15) is 38.0 Å². The van der Waals surface area contributed by atoms with Gasteiger partial charge in [0.1, 0.15) is 0 Å². The third kappa shape index (κ3) is 4.77. The van der Waals surface area contributed by atoms with E-state index in [1.807, 2.05) is 11.3 Å². The van der Waals surface area contributed by atoms with E-state index in [2.05, 4.69) is 31.4 Å². The molecule has 0 fully saturated rings. The van der Waals surface area contributed by atoms with Gasteiger partial charge in [0, 0.05) is 10.9 Å². The summed E-state index contributed by atoms with van der Waals surface area (Å²) in [5, 5.41) is 2.13. The second-order valence-electron chi connectivity index (χ2n) is 4.35. The summed E-state index contributed by atoms with van der Waals surface area (Å²) in [7, 11) is 0. The first-order valence-electron chi connectivity index (χ1n) is 5.46. The summed E-state index contributed by atoms with van der Waals surface area (Å²) >= 11 is 1.83. The standard InChI is InChI=1S/C12H21NS/c1-10(2)5-6-11(13)7-8-12-4-3-9-14-12/h3-4,9-11H,5-8,13H2,1-2H3. The Morgan fingerprint density at radius 3 is 2.64 bits per heavy atom. The second-order valence-corrected chi connectivity index (χ2v) is 5.38. The molecule has 0 aliphatic heterocycles. The van der Waals surface area contributed by atoms with Crippen LogP contribution in [0.5, 0.6) is 0 Å². The van der Waals surface area contributed by atoms with Gasteiger partial charge in [0.05, 0.1) is 0 Å². The molecular formula is C12H21NS. The van der Waals surface area contributed by atoms with Crippen LogP contribution in [-0.2, 0) is 6.42 Å². The van der Waals surface area contributed by atoms with Crippen molar-refractivity contribution in [1.82, 2.24) is 0 Å². The number of rotatable bonds is 6. The molecule has 1 rings (SSSR count). The minimum absolute atomic E-state index is 0.388. The molecule has 0 bridgehead atoms. The van der Waals surface area contributed by atoms with Gasteiger partial charge in [-0.3, -0.25) is 0 Å². The molecule has 1 unspecified atom stereocenters. The molecule has 80 valence electrons. The molecule has 1 heterocycles. The first-order valence-corrected chi connectivity index (χ1v) is 6.34. The zero-order chi connectivity index (χ0) is 10.4. The Morgan fingerprint density at radius 1 is 1.29 bits per heavy atom. The van der Waals surface area contributed by atoms with Crippen LogP contribution < -0.4 is 5.73 Å². The molecule has 1 nitrogen and oxygen atoms in total.